The zero-order chi connectivity index (χ0) is 16.4. The van der Waals surface area contributed by atoms with E-state index in [1.54, 1.807) is 24.5 Å². The summed E-state index contributed by atoms with van der Waals surface area (Å²) in [6, 6.07) is 3.60. The molecule has 1 aliphatic heterocycles. The van der Waals surface area contributed by atoms with Crippen molar-refractivity contribution in [3.05, 3.63) is 36.2 Å². The van der Waals surface area contributed by atoms with Gasteiger partial charge in [0.05, 0.1) is 0 Å². The molecule has 1 saturated carbocycles. The van der Waals surface area contributed by atoms with Crippen LogP contribution in [0.15, 0.2) is 30.6 Å². The lowest BCUT2D eigenvalue weighted by molar-refractivity contribution is -0.116. The zero-order valence-electron chi connectivity index (χ0n) is 12.5. The summed E-state index contributed by atoms with van der Waals surface area (Å²) in [4.78, 5) is 27.7. The van der Waals surface area contributed by atoms with Gasteiger partial charge in [0.15, 0.2) is 0 Å². The largest absolute Gasteiger partial charge is 0.465 e. The van der Waals surface area contributed by atoms with Crippen molar-refractivity contribution in [1.29, 1.82) is 0 Å². The van der Waals surface area contributed by atoms with Crippen LogP contribution in [-0.2, 0) is 4.79 Å². The van der Waals surface area contributed by atoms with Crippen LogP contribution in [0.2, 0.25) is 0 Å². The van der Waals surface area contributed by atoms with Gasteiger partial charge >= 0.3 is 6.09 Å². The van der Waals surface area contributed by atoms with Gasteiger partial charge in [-0.1, -0.05) is 6.07 Å². The number of hydrogen-bond donors (Lipinski definition) is 2. The first kappa shape index (κ1) is 15.5. The van der Waals surface area contributed by atoms with Gasteiger partial charge in [0.25, 0.3) is 0 Å². The van der Waals surface area contributed by atoms with Crippen LogP contribution >= 0.6 is 0 Å². The van der Waals surface area contributed by atoms with Gasteiger partial charge in [-0.15, -0.1) is 0 Å². The number of amides is 2. The number of alkyl halides is 1. The highest BCUT2D eigenvalue weighted by Gasteiger charge is 2.69. The molecule has 2 heterocycles. The molecule has 23 heavy (non-hydrogen) atoms. The highest BCUT2D eigenvalue weighted by molar-refractivity contribution is 5.91. The SMILES string of the molecule is O=C(/C=C/c1cccnc1)NCCC1(F)C2CN(C(=O)O)CC21. The third kappa shape index (κ3) is 3.18. The first-order valence-corrected chi connectivity index (χ1v) is 7.53. The van der Waals surface area contributed by atoms with Crippen molar-refractivity contribution in [3.63, 3.8) is 0 Å². The molecule has 3 rings (SSSR count). The number of carboxylic acid groups (broad SMARTS) is 1. The molecule has 7 heteroatoms. The number of likely N-dealkylation sites (tertiary alicyclic amines) is 1. The lowest BCUT2D eigenvalue weighted by atomic mass is 10.1. The molecule has 1 saturated heterocycles. The van der Waals surface area contributed by atoms with Gasteiger partial charge in [0, 0.05) is 49.9 Å². The van der Waals surface area contributed by atoms with E-state index in [1.165, 1.54) is 11.0 Å². The number of pyridine rings is 1. The van der Waals surface area contributed by atoms with E-state index in [2.05, 4.69) is 10.3 Å². The monoisotopic (exact) mass is 319 g/mol. The summed E-state index contributed by atoms with van der Waals surface area (Å²) in [5, 5.41) is 11.5. The average molecular weight is 319 g/mol. The second kappa shape index (κ2) is 5.98. The number of aromatic nitrogens is 1. The maximum atomic E-state index is 14.6. The van der Waals surface area contributed by atoms with Crippen molar-refractivity contribution in [2.75, 3.05) is 19.6 Å². The van der Waals surface area contributed by atoms with Gasteiger partial charge in [0.1, 0.15) is 5.67 Å². The Kier molecular flexibility index (Phi) is 4.02. The Labute approximate surface area is 133 Å². The number of nitrogens with one attached hydrogen (secondary N) is 1. The van der Waals surface area contributed by atoms with Gasteiger partial charge in [-0.05, 0) is 24.1 Å². The standard InChI is InChI=1S/C16H18FN3O3/c17-16(12-9-20(15(22)23)10-13(12)16)5-7-19-14(21)4-3-11-2-1-6-18-8-11/h1-4,6,8,12-13H,5,7,9-10H2,(H,19,21)(H,22,23)/b4-3+. The van der Waals surface area contributed by atoms with Crippen molar-refractivity contribution in [3.8, 4) is 0 Å². The molecule has 2 amide bonds. The summed E-state index contributed by atoms with van der Waals surface area (Å²) in [6.45, 7) is 0.753. The molecule has 0 radical (unpaired) electrons. The number of piperidine rings is 1. The summed E-state index contributed by atoms with van der Waals surface area (Å²) >= 11 is 0. The van der Waals surface area contributed by atoms with Crippen LogP contribution in [0.25, 0.3) is 6.08 Å². The Morgan fingerprint density at radius 2 is 2.22 bits per heavy atom. The number of carbonyl (C=O) groups is 2. The number of hydrogen-bond acceptors (Lipinski definition) is 3. The van der Waals surface area contributed by atoms with Crippen LogP contribution in [0.4, 0.5) is 9.18 Å². The maximum Gasteiger partial charge on any atom is 0.407 e. The number of halogens is 1. The van der Waals surface area contributed by atoms with Crippen LogP contribution in [0.1, 0.15) is 12.0 Å². The first-order valence-electron chi connectivity index (χ1n) is 7.53. The summed E-state index contributed by atoms with van der Waals surface area (Å²) in [7, 11) is 0. The van der Waals surface area contributed by atoms with Crippen LogP contribution in [0, 0.1) is 11.8 Å². The minimum Gasteiger partial charge on any atom is -0.465 e. The Hall–Kier alpha value is -2.44. The van der Waals surface area contributed by atoms with Gasteiger partial charge < -0.3 is 15.3 Å². The van der Waals surface area contributed by atoms with E-state index >= 15 is 0 Å². The van der Waals surface area contributed by atoms with Crippen LogP contribution in [0.3, 0.4) is 0 Å². The number of rotatable bonds is 5. The van der Waals surface area contributed by atoms with Gasteiger partial charge in [-0.2, -0.15) is 0 Å². The normalized spacial score (nSPS) is 28.7. The minimum absolute atomic E-state index is 0.221. The van der Waals surface area contributed by atoms with Crippen molar-refractivity contribution in [2.24, 2.45) is 11.8 Å². The van der Waals surface area contributed by atoms with E-state index in [4.69, 9.17) is 5.11 Å². The molecule has 6 nitrogen and oxygen atoms in total. The molecule has 0 bridgehead atoms. The van der Waals surface area contributed by atoms with Crippen molar-refractivity contribution < 1.29 is 19.1 Å². The molecule has 2 aliphatic rings. The topological polar surface area (TPSA) is 82.5 Å². The molecule has 0 aromatic carbocycles. The quantitative estimate of drug-likeness (QED) is 0.807. The fourth-order valence-corrected chi connectivity index (χ4v) is 3.28. The predicted octanol–water partition coefficient (Wildman–Crippen LogP) is 1.55. The van der Waals surface area contributed by atoms with E-state index in [1.807, 2.05) is 6.07 Å². The molecule has 122 valence electrons. The summed E-state index contributed by atoms with van der Waals surface area (Å²) in [6.07, 6.45) is 5.55. The van der Waals surface area contributed by atoms with Crippen LogP contribution in [-0.4, -0.2) is 52.3 Å². The second-order valence-electron chi connectivity index (χ2n) is 5.99. The fraction of sp³-hybridized carbons (Fsp3) is 0.438. The minimum atomic E-state index is -1.33. The Morgan fingerprint density at radius 3 is 2.83 bits per heavy atom. The van der Waals surface area contributed by atoms with Gasteiger partial charge in [-0.3, -0.25) is 9.78 Å². The third-order valence-corrected chi connectivity index (χ3v) is 4.63. The van der Waals surface area contributed by atoms with E-state index in [-0.39, 0.29) is 43.8 Å². The summed E-state index contributed by atoms with van der Waals surface area (Å²) < 4.78 is 14.6. The smallest absolute Gasteiger partial charge is 0.407 e. The molecule has 2 N–H and O–H groups in total. The molecule has 1 aromatic heterocycles. The van der Waals surface area contributed by atoms with Crippen LogP contribution < -0.4 is 5.32 Å². The summed E-state index contributed by atoms with van der Waals surface area (Å²) in [5.74, 6) is -0.724. The van der Waals surface area contributed by atoms with Gasteiger partial charge in [-0.25, -0.2) is 9.18 Å². The van der Waals surface area contributed by atoms with E-state index in [9.17, 15) is 14.0 Å². The highest BCUT2D eigenvalue weighted by Crippen LogP contribution is 2.59. The summed E-state index contributed by atoms with van der Waals surface area (Å²) in [5.41, 5.74) is -0.512. The first-order chi connectivity index (χ1) is 11.0. The molecule has 0 spiro atoms. The third-order valence-electron chi connectivity index (χ3n) is 4.63. The molecular weight excluding hydrogens is 301 g/mol. The number of fused-ring (bicyclic) bond motifs is 1. The Bertz CT molecular complexity index is 623. The van der Waals surface area contributed by atoms with Gasteiger partial charge in [0.2, 0.25) is 5.91 Å². The molecule has 1 aliphatic carbocycles. The average Bonchev–Trinajstić information content (AvgIpc) is 2.91. The molecular formula is C16H18FN3O3. The molecule has 2 atom stereocenters. The second-order valence-corrected chi connectivity index (χ2v) is 5.99. The molecule has 2 unspecified atom stereocenters. The Morgan fingerprint density at radius 1 is 1.48 bits per heavy atom. The van der Waals surface area contributed by atoms with E-state index < -0.39 is 11.8 Å². The fourth-order valence-electron chi connectivity index (χ4n) is 3.28. The van der Waals surface area contributed by atoms with Crippen LogP contribution in [0.5, 0.6) is 0 Å². The number of nitrogens with zero attached hydrogens (tertiary/aromatic N) is 2. The van der Waals surface area contributed by atoms with Crippen molar-refractivity contribution >= 4 is 18.1 Å². The molecule has 2 fully saturated rings. The van der Waals surface area contributed by atoms with Crippen molar-refractivity contribution in [1.82, 2.24) is 15.2 Å². The predicted molar refractivity (Wildman–Crippen MR) is 81.3 cm³/mol. The number of carbonyl (C=O) groups excluding carboxylic acids is 1. The van der Waals surface area contributed by atoms with Crippen molar-refractivity contribution in [2.45, 2.75) is 12.1 Å². The molecule has 1 aromatic rings. The maximum absolute atomic E-state index is 14.6. The lowest BCUT2D eigenvalue weighted by Crippen LogP contribution is -2.35. The highest BCUT2D eigenvalue weighted by atomic mass is 19.1. The lowest BCUT2D eigenvalue weighted by Gasteiger charge is -2.19. The van der Waals surface area contributed by atoms with E-state index in [0.717, 1.165) is 5.56 Å². The Balaban J connectivity index is 1.40. The van der Waals surface area contributed by atoms with E-state index in [0.29, 0.717) is 0 Å². The zero-order valence-corrected chi connectivity index (χ0v) is 12.5.